The molecule has 5 heteroatoms. The van der Waals surface area contributed by atoms with E-state index in [1.165, 1.54) is 11.1 Å². The molecule has 2 aliphatic heterocycles. The molecule has 0 bridgehead atoms. The van der Waals surface area contributed by atoms with Gasteiger partial charge in [-0.1, -0.05) is 31.2 Å². The molecule has 2 aliphatic rings. The number of hydrogen-bond acceptors (Lipinski definition) is 3. The number of nitrogens with zero attached hydrogens (tertiary/aromatic N) is 3. The number of rotatable bonds is 4. The summed E-state index contributed by atoms with van der Waals surface area (Å²) in [6, 6.07) is 9.24. The highest BCUT2D eigenvalue weighted by atomic mass is 16.5. The van der Waals surface area contributed by atoms with Crippen LogP contribution in [0.4, 0.5) is 0 Å². The number of hydrogen-bond donors (Lipinski definition) is 1. The third-order valence-corrected chi connectivity index (χ3v) is 4.95. The van der Waals surface area contributed by atoms with Crippen LogP contribution in [-0.4, -0.2) is 61.2 Å². The number of nitrogens with two attached hydrogens (primary N) is 1. The molecule has 1 atom stereocenters. The Morgan fingerprint density at radius 2 is 1.96 bits per heavy atom. The van der Waals surface area contributed by atoms with Crippen molar-refractivity contribution in [2.75, 3.05) is 39.4 Å². The van der Waals surface area contributed by atoms with Crippen molar-refractivity contribution in [1.82, 2.24) is 9.80 Å². The van der Waals surface area contributed by atoms with Gasteiger partial charge in [-0.15, -0.1) is 0 Å². The van der Waals surface area contributed by atoms with E-state index in [0.29, 0.717) is 12.0 Å². The van der Waals surface area contributed by atoms with E-state index in [9.17, 15) is 0 Å². The Morgan fingerprint density at radius 3 is 2.70 bits per heavy atom. The fourth-order valence-electron chi connectivity index (χ4n) is 3.42. The minimum absolute atomic E-state index is 0.461. The highest BCUT2D eigenvalue weighted by molar-refractivity contribution is 5.78. The second-order valence-electron chi connectivity index (χ2n) is 6.35. The van der Waals surface area contributed by atoms with Gasteiger partial charge in [0.2, 0.25) is 0 Å². The van der Waals surface area contributed by atoms with E-state index in [4.69, 9.17) is 10.5 Å². The SMILES string of the molecule is CCC(CN=C(N)N1CCOCC1)N1CCc2ccccc2C1. The van der Waals surface area contributed by atoms with Crippen molar-refractivity contribution >= 4 is 5.96 Å². The van der Waals surface area contributed by atoms with E-state index >= 15 is 0 Å². The van der Waals surface area contributed by atoms with Crippen LogP contribution in [0.5, 0.6) is 0 Å². The fourth-order valence-corrected chi connectivity index (χ4v) is 3.42. The number of benzene rings is 1. The molecule has 1 aromatic carbocycles. The highest BCUT2D eigenvalue weighted by Crippen LogP contribution is 2.21. The average Bonchev–Trinajstić information content (AvgIpc) is 2.62. The zero-order chi connectivity index (χ0) is 16.1. The molecular formula is C18H28N4O. The summed E-state index contributed by atoms with van der Waals surface area (Å²) in [5, 5.41) is 0. The van der Waals surface area contributed by atoms with Crippen LogP contribution in [0.2, 0.25) is 0 Å². The molecular weight excluding hydrogens is 288 g/mol. The van der Waals surface area contributed by atoms with Gasteiger partial charge in [0.15, 0.2) is 5.96 Å². The first kappa shape index (κ1) is 16.3. The van der Waals surface area contributed by atoms with Crippen LogP contribution in [0.25, 0.3) is 0 Å². The first-order valence-corrected chi connectivity index (χ1v) is 8.71. The van der Waals surface area contributed by atoms with Crippen LogP contribution in [0.1, 0.15) is 24.5 Å². The third-order valence-electron chi connectivity index (χ3n) is 4.95. The Labute approximate surface area is 139 Å². The normalized spacial score (nSPS) is 21.1. The lowest BCUT2D eigenvalue weighted by Gasteiger charge is -2.35. The van der Waals surface area contributed by atoms with E-state index < -0.39 is 0 Å². The second kappa shape index (κ2) is 7.79. The Morgan fingerprint density at radius 1 is 1.22 bits per heavy atom. The van der Waals surface area contributed by atoms with E-state index in [1.807, 2.05) is 0 Å². The van der Waals surface area contributed by atoms with Gasteiger partial charge in [0, 0.05) is 32.2 Å². The van der Waals surface area contributed by atoms with Crippen LogP contribution in [0.3, 0.4) is 0 Å². The van der Waals surface area contributed by atoms with Crippen molar-refractivity contribution in [3.05, 3.63) is 35.4 Å². The topological polar surface area (TPSA) is 54.1 Å². The van der Waals surface area contributed by atoms with Crippen molar-refractivity contribution in [2.24, 2.45) is 10.7 Å². The van der Waals surface area contributed by atoms with Crippen LogP contribution in [0.15, 0.2) is 29.3 Å². The van der Waals surface area contributed by atoms with Gasteiger partial charge in [-0.2, -0.15) is 0 Å². The van der Waals surface area contributed by atoms with Gasteiger partial charge in [-0.05, 0) is 24.0 Å². The molecule has 23 heavy (non-hydrogen) atoms. The minimum Gasteiger partial charge on any atom is -0.378 e. The molecule has 0 spiro atoms. The molecule has 0 aliphatic carbocycles. The number of aliphatic imine (C=N–C) groups is 1. The van der Waals surface area contributed by atoms with Gasteiger partial charge in [-0.25, -0.2) is 0 Å². The first-order chi connectivity index (χ1) is 11.3. The van der Waals surface area contributed by atoms with Crippen LogP contribution in [0, 0.1) is 0 Å². The number of guanidine groups is 1. The van der Waals surface area contributed by atoms with E-state index in [-0.39, 0.29) is 0 Å². The summed E-state index contributed by atoms with van der Waals surface area (Å²) < 4.78 is 5.36. The summed E-state index contributed by atoms with van der Waals surface area (Å²) in [4.78, 5) is 9.35. The Kier molecular flexibility index (Phi) is 5.51. The van der Waals surface area contributed by atoms with Crippen molar-refractivity contribution in [2.45, 2.75) is 32.4 Å². The number of fused-ring (bicyclic) bond motifs is 1. The lowest BCUT2D eigenvalue weighted by atomic mass is 9.98. The lowest BCUT2D eigenvalue weighted by molar-refractivity contribution is 0.0673. The summed E-state index contributed by atoms with van der Waals surface area (Å²) in [7, 11) is 0. The lowest BCUT2D eigenvalue weighted by Crippen LogP contribution is -2.46. The van der Waals surface area contributed by atoms with Crippen LogP contribution < -0.4 is 5.73 Å². The van der Waals surface area contributed by atoms with Crippen molar-refractivity contribution in [1.29, 1.82) is 0 Å². The molecule has 0 amide bonds. The van der Waals surface area contributed by atoms with Gasteiger partial charge < -0.3 is 15.4 Å². The first-order valence-electron chi connectivity index (χ1n) is 8.71. The summed E-state index contributed by atoms with van der Waals surface area (Å²) in [5.41, 5.74) is 9.12. The van der Waals surface area contributed by atoms with Crippen LogP contribution in [-0.2, 0) is 17.7 Å². The third kappa shape index (κ3) is 4.03. The van der Waals surface area contributed by atoms with Gasteiger partial charge in [-0.3, -0.25) is 9.89 Å². The summed E-state index contributed by atoms with van der Waals surface area (Å²) in [6.07, 6.45) is 2.23. The van der Waals surface area contributed by atoms with E-state index in [0.717, 1.165) is 58.8 Å². The molecule has 1 fully saturated rings. The molecule has 1 unspecified atom stereocenters. The van der Waals surface area contributed by atoms with Crippen molar-refractivity contribution in [3.8, 4) is 0 Å². The maximum absolute atomic E-state index is 6.16. The predicted octanol–water partition coefficient (Wildman–Crippen LogP) is 1.47. The molecule has 0 radical (unpaired) electrons. The van der Waals surface area contributed by atoms with Crippen LogP contribution >= 0.6 is 0 Å². The molecule has 0 aromatic heterocycles. The quantitative estimate of drug-likeness (QED) is 0.675. The maximum atomic E-state index is 6.16. The summed E-state index contributed by atoms with van der Waals surface area (Å²) in [6.45, 7) is 8.36. The molecule has 2 N–H and O–H groups in total. The zero-order valence-corrected chi connectivity index (χ0v) is 14.1. The monoisotopic (exact) mass is 316 g/mol. The molecule has 0 saturated carbocycles. The van der Waals surface area contributed by atoms with Gasteiger partial charge in [0.1, 0.15) is 0 Å². The van der Waals surface area contributed by atoms with E-state index in [1.54, 1.807) is 0 Å². The van der Waals surface area contributed by atoms with Gasteiger partial charge in [0.05, 0.1) is 19.8 Å². The smallest absolute Gasteiger partial charge is 0.191 e. The standard InChI is InChI=1S/C18H28N4O/c1-2-17(13-20-18(19)21-9-11-23-12-10-21)22-8-7-15-5-3-4-6-16(15)14-22/h3-6,17H,2,7-14H2,1H3,(H2,19,20). The van der Waals surface area contributed by atoms with Gasteiger partial charge >= 0.3 is 0 Å². The molecule has 2 heterocycles. The Bertz CT molecular complexity index is 540. The maximum Gasteiger partial charge on any atom is 0.191 e. The molecule has 1 saturated heterocycles. The highest BCUT2D eigenvalue weighted by Gasteiger charge is 2.22. The molecule has 5 nitrogen and oxygen atoms in total. The Balaban J connectivity index is 1.59. The van der Waals surface area contributed by atoms with E-state index in [2.05, 4.69) is 46.0 Å². The van der Waals surface area contributed by atoms with Crippen molar-refractivity contribution < 1.29 is 4.74 Å². The molecule has 1 aromatic rings. The average molecular weight is 316 g/mol. The zero-order valence-electron chi connectivity index (χ0n) is 14.1. The number of morpholine rings is 1. The Hall–Kier alpha value is -1.59. The second-order valence-corrected chi connectivity index (χ2v) is 6.35. The number of ether oxygens (including phenoxy) is 1. The predicted molar refractivity (Wildman–Crippen MR) is 93.5 cm³/mol. The van der Waals surface area contributed by atoms with Crippen molar-refractivity contribution in [3.63, 3.8) is 0 Å². The fraction of sp³-hybridized carbons (Fsp3) is 0.611. The largest absolute Gasteiger partial charge is 0.378 e. The minimum atomic E-state index is 0.461. The molecule has 126 valence electrons. The van der Waals surface area contributed by atoms with Gasteiger partial charge in [0.25, 0.3) is 0 Å². The molecule has 3 rings (SSSR count). The summed E-state index contributed by atoms with van der Waals surface area (Å²) in [5.74, 6) is 0.671. The summed E-state index contributed by atoms with van der Waals surface area (Å²) >= 11 is 0.